The van der Waals surface area contributed by atoms with Crippen LogP contribution in [0.4, 0.5) is 0 Å². The van der Waals surface area contributed by atoms with E-state index in [1.165, 1.54) is 30.6 Å². The van der Waals surface area contributed by atoms with Gasteiger partial charge < -0.3 is 4.57 Å². The van der Waals surface area contributed by atoms with E-state index < -0.39 is 0 Å². The van der Waals surface area contributed by atoms with Crippen molar-refractivity contribution < 1.29 is 0 Å². The molecule has 0 N–H and O–H groups in total. The van der Waals surface area contributed by atoms with Gasteiger partial charge in [-0.3, -0.25) is 0 Å². The van der Waals surface area contributed by atoms with Crippen molar-refractivity contribution in [3.05, 3.63) is 29.6 Å². The van der Waals surface area contributed by atoms with Crippen LogP contribution in [0.5, 0.6) is 0 Å². The fourth-order valence-electron chi connectivity index (χ4n) is 2.89. The summed E-state index contributed by atoms with van der Waals surface area (Å²) >= 11 is 0. The van der Waals surface area contributed by atoms with Crippen molar-refractivity contribution in [3.8, 4) is 6.07 Å². The van der Waals surface area contributed by atoms with Crippen LogP contribution in [0, 0.1) is 11.3 Å². The maximum absolute atomic E-state index is 9.17. The molecule has 1 aromatic heterocycles. The first kappa shape index (κ1) is 12.2. The van der Waals surface area contributed by atoms with Gasteiger partial charge in [0, 0.05) is 13.0 Å². The minimum atomic E-state index is -0.0152. The van der Waals surface area contributed by atoms with E-state index in [0.29, 0.717) is 5.92 Å². The van der Waals surface area contributed by atoms with Gasteiger partial charge in [-0.05, 0) is 37.0 Å². The van der Waals surface area contributed by atoms with Gasteiger partial charge in [0.1, 0.15) is 5.82 Å². The average Bonchev–Trinajstić information content (AvgIpc) is 2.66. The number of aromatic nitrogens is 2. The molecule has 1 aliphatic rings. The van der Waals surface area contributed by atoms with E-state index in [1.54, 1.807) is 0 Å². The van der Waals surface area contributed by atoms with Crippen molar-refractivity contribution in [1.82, 2.24) is 9.55 Å². The third-order valence-corrected chi connectivity index (χ3v) is 4.38. The van der Waals surface area contributed by atoms with E-state index >= 15 is 0 Å². The molecule has 0 radical (unpaired) electrons. The van der Waals surface area contributed by atoms with Crippen molar-refractivity contribution in [3.63, 3.8) is 0 Å². The van der Waals surface area contributed by atoms with Crippen LogP contribution in [0.15, 0.2) is 18.2 Å². The number of fused-ring (bicyclic) bond motifs is 1. The molecule has 1 fully saturated rings. The van der Waals surface area contributed by atoms with Gasteiger partial charge in [0.05, 0.1) is 23.0 Å². The smallest absolute Gasteiger partial charge is 0.112 e. The van der Waals surface area contributed by atoms with Crippen molar-refractivity contribution >= 4 is 11.0 Å². The quantitative estimate of drug-likeness (QED) is 0.833. The van der Waals surface area contributed by atoms with Crippen LogP contribution in [0.2, 0.25) is 0 Å². The van der Waals surface area contributed by atoms with E-state index in [4.69, 9.17) is 4.98 Å². The highest BCUT2D eigenvalue weighted by Crippen LogP contribution is 2.37. The molecule has 1 aromatic carbocycles. The molecule has 1 unspecified atom stereocenters. The molecule has 1 atom stereocenters. The molecule has 0 saturated heterocycles. The summed E-state index contributed by atoms with van der Waals surface area (Å²) in [5.41, 5.74) is 3.31. The Balaban J connectivity index is 2.06. The zero-order valence-corrected chi connectivity index (χ0v) is 11.6. The molecule has 2 aromatic rings. The van der Waals surface area contributed by atoms with Crippen LogP contribution in [-0.2, 0) is 7.05 Å². The van der Waals surface area contributed by atoms with Gasteiger partial charge in [0.15, 0.2) is 0 Å². The van der Waals surface area contributed by atoms with Crippen molar-refractivity contribution in [2.75, 3.05) is 0 Å². The first-order valence-corrected chi connectivity index (χ1v) is 7.10. The van der Waals surface area contributed by atoms with Crippen LogP contribution in [0.1, 0.15) is 55.8 Å². The Morgan fingerprint density at radius 3 is 2.84 bits per heavy atom. The van der Waals surface area contributed by atoms with Crippen LogP contribution in [0.3, 0.4) is 0 Å². The largest absolute Gasteiger partial charge is 0.331 e. The van der Waals surface area contributed by atoms with Crippen molar-refractivity contribution in [1.29, 1.82) is 5.26 Å². The number of rotatable bonds is 3. The lowest BCUT2D eigenvalue weighted by molar-refractivity contribution is 0.395. The summed E-state index contributed by atoms with van der Waals surface area (Å²) < 4.78 is 2.22. The lowest BCUT2D eigenvalue weighted by Gasteiger charge is -2.24. The van der Waals surface area contributed by atoms with Gasteiger partial charge >= 0.3 is 0 Å². The molecule has 3 heteroatoms. The first-order chi connectivity index (χ1) is 9.24. The number of imidazole rings is 1. The summed E-state index contributed by atoms with van der Waals surface area (Å²) in [6.45, 7) is 2.05. The number of nitriles is 1. The Kier molecular flexibility index (Phi) is 3.02. The second-order valence-corrected chi connectivity index (χ2v) is 5.49. The van der Waals surface area contributed by atoms with Crippen LogP contribution in [-0.4, -0.2) is 9.55 Å². The number of hydrogen-bond donors (Lipinski definition) is 0. The zero-order valence-electron chi connectivity index (χ0n) is 11.6. The highest BCUT2D eigenvalue weighted by atomic mass is 15.1. The van der Waals surface area contributed by atoms with Gasteiger partial charge in [-0.1, -0.05) is 19.4 Å². The van der Waals surface area contributed by atoms with Crippen LogP contribution >= 0.6 is 0 Å². The van der Waals surface area contributed by atoms with Gasteiger partial charge in [-0.25, -0.2) is 4.98 Å². The Morgan fingerprint density at radius 2 is 2.26 bits per heavy atom. The highest BCUT2D eigenvalue weighted by molar-refractivity contribution is 5.77. The van der Waals surface area contributed by atoms with Gasteiger partial charge in [-0.15, -0.1) is 0 Å². The Labute approximate surface area is 113 Å². The standard InChI is InChI=1S/C16H19N3/c1-3-11(10-17)13-7-8-15-14(9-13)18-16(19(15)2)12-5-4-6-12/h7-9,11-12H,3-6H2,1-2H3. The number of aryl methyl sites for hydroxylation is 1. The van der Waals surface area contributed by atoms with Crippen molar-refractivity contribution in [2.45, 2.75) is 44.4 Å². The molecule has 3 nitrogen and oxygen atoms in total. The SMILES string of the molecule is CCC(C#N)c1ccc2c(c1)nc(C1CCC1)n2C. The Morgan fingerprint density at radius 1 is 1.47 bits per heavy atom. The van der Waals surface area contributed by atoms with E-state index in [2.05, 4.69) is 42.8 Å². The molecule has 19 heavy (non-hydrogen) atoms. The maximum atomic E-state index is 9.17. The van der Waals surface area contributed by atoms with Gasteiger partial charge in [0.25, 0.3) is 0 Å². The van der Waals surface area contributed by atoms with Crippen molar-refractivity contribution in [2.24, 2.45) is 7.05 Å². The van der Waals surface area contributed by atoms with Gasteiger partial charge in [-0.2, -0.15) is 5.26 Å². The summed E-state index contributed by atoms with van der Waals surface area (Å²) in [4.78, 5) is 4.80. The van der Waals surface area contributed by atoms with E-state index in [-0.39, 0.29) is 5.92 Å². The number of nitrogens with zero attached hydrogens (tertiary/aromatic N) is 3. The lowest BCUT2D eigenvalue weighted by Crippen LogP contribution is -2.13. The minimum absolute atomic E-state index is 0.0152. The normalized spacial score (nSPS) is 17.1. The topological polar surface area (TPSA) is 41.6 Å². The third kappa shape index (κ3) is 1.92. The summed E-state index contributed by atoms with van der Waals surface area (Å²) in [6.07, 6.45) is 4.70. The monoisotopic (exact) mass is 253 g/mol. The number of hydrogen-bond acceptors (Lipinski definition) is 2. The Hall–Kier alpha value is -1.82. The fraction of sp³-hybridized carbons (Fsp3) is 0.500. The second-order valence-electron chi connectivity index (χ2n) is 5.49. The molecule has 1 saturated carbocycles. The fourth-order valence-corrected chi connectivity index (χ4v) is 2.89. The molecule has 0 bridgehead atoms. The minimum Gasteiger partial charge on any atom is -0.331 e. The van der Waals surface area contributed by atoms with Gasteiger partial charge in [0.2, 0.25) is 0 Å². The predicted octanol–water partition coefficient (Wildman–Crippen LogP) is 3.86. The molecule has 1 heterocycles. The second kappa shape index (κ2) is 4.70. The predicted molar refractivity (Wildman–Crippen MR) is 76.0 cm³/mol. The molecule has 1 aliphatic carbocycles. The molecule has 98 valence electrons. The molecule has 0 spiro atoms. The lowest BCUT2D eigenvalue weighted by atomic mass is 9.85. The summed E-state index contributed by atoms with van der Waals surface area (Å²) in [6, 6.07) is 8.64. The molecular formula is C16H19N3. The first-order valence-electron chi connectivity index (χ1n) is 7.10. The zero-order chi connectivity index (χ0) is 13.4. The Bertz CT molecular complexity index is 644. The summed E-state index contributed by atoms with van der Waals surface area (Å²) in [7, 11) is 2.10. The molecular weight excluding hydrogens is 234 g/mol. The maximum Gasteiger partial charge on any atom is 0.112 e. The molecule has 0 amide bonds. The van der Waals surface area contributed by atoms with Crippen LogP contribution in [0.25, 0.3) is 11.0 Å². The third-order valence-electron chi connectivity index (χ3n) is 4.38. The van der Waals surface area contributed by atoms with E-state index in [0.717, 1.165) is 17.5 Å². The summed E-state index contributed by atoms with van der Waals surface area (Å²) in [5.74, 6) is 1.83. The number of benzene rings is 1. The molecule has 3 rings (SSSR count). The highest BCUT2D eigenvalue weighted by Gasteiger charge is 2.24. The summed E-state index contributed by atoms with van der Waals surface area (Å²) in [5, 5.41) is 9.17. The average molecular weight is 253 g/mol. The molecule has 0 aliphatic heterocycles. The van der Waals surface area contributed by atoms with Crippen LogP contribution < -0.4 is 0 Å². The van der Waals surface area contributed by atoms with E-state index in [9.17, 15) is 5.26 Å². The van der Waals surface area contributed by atoms with E-state index in [1.807, 2.05) is 0 Å².